The topological polar surface area (TPSA) is 82.2 Å². The number of rotatable bonds is 4. The summed E-state index contributed by atoms with van der Waals surface area (Å²) in [6.45, 7) is 1.48. The Morgan fingerprint density at radius 2 is 2.05 bits per heavy atom. The third kappa shape index (κ3) is 2.88. The zero-order valence-corrected chi connectivity index (χ0v) is 12.4. The minimum absolute atomic E-state index is 0.0501. The standard InChI is InChI=1S/C16H20N4O2/c17-12-16(6-8-22-9-7-16)15(21)19-13-10-18-20(11-13)14-4-2-1-3-5-14/h1-5,10-11H,6-9,12,17H2,(H,19,21). The van der Waals surface area contributed by atoms with Crippen molar-refractivity contribution in [1.29, 1.82) is 0 Å². The number of nitrogens with one attached hydrogen (secondary N) is 1. The number of carbonyl (C=O) groups excluding carboxylic acids is 1. The molecule has 2 heterocycles. The van der Waals surface area contributed by atoms with Crippen molar-refractivity contribution in [3.05, 3.63) is 42.7 Å². The molecule has 2 aromatic rings. The highest BCUT2D eigenvalue weighted by Crippen LogP contribution is 2.30. The van der Waals surface area contributed by atoms with E-state index < -0.39 is 5.41 Å². The van der Waals surface area contributed by atoms with Crippen LogP contribution in [-0.4, -0.2) is 35.4 Å². The Morgan fingerprint density at radius 3 is 2.73 bits per heavy atom. The number of amides is 1. The van der Waals surface area contributed by atoms with Crippen molar-refractivity contribution < 1.29 is 9.53 Å². The fourth-order valence-electron chi connectivity index (χ4n) is 2.66. The second kappa shape index (κ2) is 6.29. The van der Waals surface area contributed by atoms with Crippen LogP contribution in [0.5, 0.6) is 0 Å². The molecule has 6 nitrogen and oxygen atoms in total. The van der Waals surface area contributed by atoms with Crippen molar-refractivity contribution in [1.82, 2.24) is 9.78 Å². The van der Waals surface area contributed by atoms with Crippen molar-refractivity contribution in [3.8, 4) is 5.69 Å². The monoisotopic (exact) mass is 300 g/mol. The molecule has 1 fully saturated rings. The third-order valence-electron chi connectivity index (χ3n) is 4.18. The lowest BCUT2D eigenvalue weighted by molar-refractivity contribution is -0.130. The van der Waals surface area contributed by atoms with Gasteiger partial charge in [0.15, 0.2) is 0 Å². The molecule has 1 amide bonds. The molecule has 0 unspecified atom stereocenters. The number of hydrogen-bond acceptors (Lipinski definition) is 4. The quantitative estimate of drug-likeness (QED) is 0.898. The van der Waals surface area contributed by atoms with Gasteiger partial charge in [-0.1, -0.05) is 18.2 Å². The first-order chi connectivity index (χ1) is 10.7. The molecule has 1 aliphatic rings. The fourth-order valence-corrected chi connectivity index (χ4v) is 2.66. The SMILES string of the molecule is NCC1(C(=O)Nc2cnn(-c3ccccc3)c2)CCOCC1. The van der Waals surface area contributed by atoms with Gasteiger partial charge in [-0.3, -0.25) is 4.79 Å². The number of ether oxygens (including phenoxy) is 1. The van der Waals surface area contributed by atoms with Crippen molar-refractivity contribution in [2.75, 3.05) is 25.1 Å². The summed E-state index contributed by atoms with van der Waals surface area (Å²) in [5.41, 5.74) is 6.94. The van der Waals surface area contributed by atoms with Crippen LogP contribution in [0.25, 0.3) is 5.69 Å². The zero-order chi connectivity index (χ0) is 15.4. The highest BCUT2D eigenvalue weighted by atomic mass is 16.5. The maximum Gasteiger partial charge on any atom is 0.232 e. The summed E-state index contributed by atoms with van der Waals surface area (Å²) < 4.78 is 7.07. The number of carbonyl (C=O) groups is 1. The number of para-hydroxylation sites is 1. The van der Waals surface area contributed by atoms with Crippen LogP contribution in [0, 0.1) is 5.41 Å². The van der Waals surface area contributed by atoms with E-state index in [4.69, 9.17) is 10.5 Å². The minimum Gasteiger partial charge on any atom is -0.381 e. The lowest BCUT2D eigenvalue weighted by atomic mass is 9.79. The van der Waals surface area contributed by atoms with Gasteiger partial charge in [-0.05, 0) is 25.0 Å². The summed E-state index contributed by atoms with van der Waals surface area (Å²) in [5, 5.41) is 7.21. The van der Waals surface area contributed by atoms with E-state index in [0.717, 1.165) is 5.69 Å². The van der Waals surface area contributed by atoms with Crippen LogP contribution < -0.4 is 11.1 Å². The van der Waals surface area contributed by atoms with Crippen LogP contribution in [0.2, 0.25) is 0 Å². The van der Waals surface area contributed by atoms with E-state index in [1.807, 2.05) is 30.3 Å². The van der Waals surface area contributed by atoms with Gasteiger partial charge in [0, 0.05) is 19.8 Å². The van der Waals surface area contributed by atoms with Crippen LogP contribution in [0.1, 0.15) is 12.8 Å². The van der Waals surface area contributed by atoms with E-state index in [0.29, 0.717) is 38.3 Å². The maximum atomic E-state index is 12.6. The predicted octanol–water partition coefficient (Wildman–Crippen LogP) is 1.57. The molecule has 0 saturated carbocycles. The number of nitrogens with zero attached hydrogens (tertiary/aromatic N) is 2. The van der Waals surface area contributed by atoms with Gasteiger partial charge in [-0.25, -0.2) is 4.68 Å². The first-order valence-corrected chi connectivity index (χ1v) is 7.43. The molecule has 22 heavy (non-hydrogen) atoms. The Hall–Kier alpha value is -2.18. The van der Waals surface area contributed by atoms with Crippen molar-refractivity contribution >= 4 is 11.6 Å². The molecule has 0 atom stereocenters. The maximum absolute atomic E-state index is 12.6. The van der Waals surface area contributed by atoms with Crippen LogP contribution in [0.15, 0.2) is 42.7 Å². The van der Waals surface area contributed by atoms with Gasteiger partial charge in [-0.15, -0.1) is 0 Å². The van der Waals surface area contributed by atoms with E-state index >= 15 is 0 Å². The van der Waals surface area contributed by atoms with Crippen LogP contribution in [0.4, 0.5) is 5.69 Å². The number of aromatic nitrogens is 2. The second-order valence-electron chi connectivity index (χ2n) is 5.56. The summed E-state index contributed by atoms with van der Waals surface area (Å²) in [5.74, 6) is -0.0501. The molecule has 6 heteroatoms. The molecule has 1 aromatic heterocycles. The van der Waals surface area contributed by atoms with Crippen molar-refractivity contribution in [2.24, 2.45) is 11.1 Å². The van der Waals surface area contributed by atoms with E-state index in [2.05, 4.69) is 10.4 Å². The van der Waals surface area contributed by atoms with Crippen molar-refractivity contribution in [3.63, 3.8) is 0 Å². The molecule has 116 valence electrons. The van der Waals surface area contributed by atoms with Gasteiger partial charge in [0.05, 0.1) is 29.2 Å². The molecule has 1 aromatic carbocycles. The second-order valence-corrected chi connectivity index (χ2v) is 5.56. The first-order valence-electron chi connectivity index (χ1n) is 7.43. The number of benzene rings is 1. The van der Waals surface area contributed by atoms with Gasteiger partial charge < -0.3 is 15.8 Å². The van der Waals surface area contributed by atoms with E-state index in [1.165, 1.54) is 0 Å². The largest absolute Gasteiger partial charge is 0.381 e. The lowest BCUT2D eigenvalue weighted by Gasteiger charge is -2.34. The van der Waals surface area contributed by atoms with Crippen LogP contribution in [0.3, 0.4) is 0 Å². The smallest absolute Gasteiger partial charge is 0.232 e. The Labute approximate surface area is 129 Å². The Morgan fingerprint density at radius 1 is 1.32 bits per heavy atom. The van der Waals surface area contributed by atoms with Crippen LogP contribution >= 0.6 is 0 Å². The molecule has 1 saturated heterocycles. The molecule has 1 aliphatic heterocycles. The average Bonchev–Trinajstić information content (AvgIpc) is 3.05. The molecule has 3 rings (SSSR count). The molecule has 0 aliphatic carbocycles. The molecule has 0 bridgehead atoms. The fraction of sp³-hybridized carbons (Fsp3) is 0.375. The summed E-state index contributed by atoms with van der Waals surface area (Å²) in [7, 11) is 0. The highest BCUT2D eigenvalue weighted by molar-refractivity contribution is 5.95. The van der Waals surface area contributed by atoms with Crippen LogP contribution in [-0.2, 0) is 9.53 Å². The number of hydrogen-bond donors (Lipinski definition) is 2. The Kier molecular flexibility index (Phi) is 4.22. The highest BCUT2D eigenvalue weighted by Gasteiger charge is 2.38. The van der Waals surface area contributed by atoms with Gasteiger partial charge in [0.1, 0.15) is 0 Å². The first kappa shape index (κ1) is 14.7. The summed E-state index contributed by atoms with van der Waals surface area (Å²) in [6.07, 6.45) is 4.76. The summed E-state index contributed by atoms with van der Waals surface area (Å²) in [6, 6.07) is 9.75. The van der Waals surface area contributed by atoms with Gasteiger partial charge in [0.25, 0.3) is 0 Å². The van der Waals surface area contributed by atoms with E-state index in [9.17, 15) is 4.79 Å². The zero-order valence-electron chi connectivity index (χ0n) is 12.4. The third-order valence-corrected chi connectivity index (χ3v) is 4.18. The molecule has 0 radical (unpaired) electrons. The lowest BCUT2D eigenvalue weighted by Crippen LogP contribution is -2.46. The average molecular weight is 300 g/mol. The summed E-state index contributed by atoms with van der Waals surface area (Å²) in [4.78, 5) is 12.6. The normalized spacial score (nSPS) is 17.1. The van der Waals surface area contributed by atoms with Gasteiger partial charge in [-0.2, -0.15) is 5.10 Å². The summed E-state index contributed by atoms with van der Waals surface area (Å²) >= 11 is 0. The molecule has 0 spiro atoms. The Balaban J connectivity index is 1.73. The molecular weight excluding hydrogens is 280 g/mol. The number of anilines is 1. The predicted molar refractivity (Wildman–Crippen MR) is 83.7 cm³/mol. The van der Waals surface area contributed by atoms with Gasteiger partial charge >= 0.3 is 0 Å². The van der Waals surface area contributed by atoms with E-state index in [1.54, 1.807) is 17.1 Å². The van der Waals surface area contributed by atoms with Gasteiger partial charge in [0.2, 0.25) is 5.91 Å². The molecule has 3 N–H and O–H groups in total. The van der Waals surface area contributed by atoms with Crippen molar-refractivity contribution in [2.45, 2.75) is 12.8 Å². The minimum atomic E-state index is -0.535. The van der Waals surface area contributed by atoms with E-state index in [-0.39, 0.29) is 5.91 Å². The molecular formula is C16H20N4O2. The number of nitrogens with two attached hydrogens (primary N) is 1. The Bertz CT molecular complexity index is 633.